The van der Waals surface area contributed by atoms with E-state index in [1.54, 1.807) is 0 Å². The molecule has 0 aromatic carbocycles. The summed E-state index contributed by atoms with van der Waals surface area (Å²) >= 11 is 0. The lowest BCUT2D eigenvalue weighted by atomic mass is 10.3. The van der Waals surface area contributed by atoms with Crippen molar-refractivity contribution in [1.29, 1.82) is 0 Å². The van der Waals surface area contributed by atoms with Crippen molar-refractivity contribution in [2.24, 2.45) is 0 Å². The Morgan fingerprint density at radius 3 is 2.84 bits per heavy atom. The van der Waals surface area contributed by atoms with Gasteiger partial charge in [-0.1, -0.05) is 20.8 Å². The second-order valence-corrected chi connectivity index (χ2v) is 5.12. The van der Waals surface area contributed by atoms with Crippen molar-refractivity contribution in [1.82, 2.24) is 14.9 Å². The van der Waals surface area contributed by atoms with Crippen LogP contribution in [0.15, 0.2) is 28.9 Å². The van der Waals surface area contributed by atoms with Crippen LogP contribution < -0.4 is 5.32 Å². The first-order valence-electron chi connectivity index (χ1n) is 7.00. The summed E-state index contributed by atoms with van der Waals surface area (Å²) in [5.41, 5.74) is 0. The maximum absolute atomic E-state index is 5.82. The molecule has 19 heavy (non-hydrogen) atoms. The minimum Gasteiger partial charge on any atom is -0.464 e. The van der Waals surface area contributed by atoms with E-state index in [2.05, 4.69) is 35.6 Å². The number of aryl methyl sites for hydroxylation is 1. The van der Waals surface area contributed by atoms with Crippen LogP contribution in [0.4, 0.5) is 0 Å². The summed E-state index contributed by atoms with van der Waals surface area (Å²) in [6, 6.07) is 4.55. The number of hydrogen-bond acceptors (Lipinski definition) is 3. The van der Waals surface area contributed by atoms with Crippen molar-refractivity contribution in [3.63, 3.8) is 0 Å². The lowest BCUT2D eigenvalue weighted by molar-refractivity contribution is 0.437. The van der Waals surface area contributed by atoms with Gasteiger partial charge in [0.1, 0.15) is 17.3 Å². The van der Waals surface area contributed by atoms with Crippen LogP contribution in [-0.2, 0) is 19.5 Å². The van der Waals surface area contributed by atoms with Crippen molar-refractivity contribution in [2.45, 2.75) is 52.7 Å². The van der Waals surface area contributed by atoms with Gasteiger partial charge in [0, 0.05) is 25.0 Å². The predicted octanol–water partition coefficient (Wildman–Crippen LogP) is 2.97. The van der Waals surface area contributed by atoms with Gasteiger partial charge in [0.25, 0.3) is 0 Å². The largest absolute Gasteiger partial charge is 0.464 e. The van der Waals surface area contributed by atoms with Gasteiger partial charge in [-0.2, -0.15) is 0 Å². The van der Waals surface area contributed by atoms with Crippen LogP contribution in [-0.4, -0.2) is 15.6 Å². The lowest BCUT2D eigenvalue weighted by Crippen LogP contribution is -2.21. The smallest absolute Gasteiger partial charge is 0.117 e. The van der Waals surface area contributed by atoms with E-state index in [1.807, 2.05) is 24.5 Å². The van der Waals surface area contributed by atoms with E-state index in [0.29, 0.717) is 6.04 Å². The van der Waals surface area contributed by atoms with Gasteiger partial charge in [0.15, 0.2) is 0 Å². The number of hydrogen-bond donors (Lipinski definition) is 1. The molecule has 0 aliphatic heterocycles. The molecule has 0 amide bonds. The lowest BCUT2D eigenvalue weighted by Gasteiger charge is -2.06. The third kappa shape index (κ3) is 3.96. The summed E-state index contributed by atoms with van der Waals surface area (Å²) in [5.74, 6) is 3.03. The van der Waals surface area contributed by atoms with Gasteiger partial charge in [0.05, 0.1) is 13.0 Å². The highest BCUT2D eigenvalue weighted by molar-refractivity contribution is 5.12. The summed E-state index contributed by atoms with van der Waals surface area (Å²) in [7, 11) is 0. The van der Waals surface area contributed by atoms with Gasteiger partial charge in [0.2, 0.25) is 0 Å². The van der Waals surface area contributed by atoms with Gasteiger partial charge in [-0.15, -0.1) is 0 Å². The van der Waals surface area contributed by atoms with Crippen LogP contribution in [0.25, 0.3) is 0 Å². The summed E-state index contributed by atoms with van der Waals surface area (Å²) < 4.78 is 8.01. The molecule has 0 aliphatic carbocycles. The zero-order valence-electron chi connectivity index (χ0n) is 12.0. The Morgan fingerprint density at radius 1 is 1.32 bits per heavy atom. The Bertz CT molecular complexity index is 499. The Kier molecular flexibility index (Phi) is 4.80. The van der Waals surface area contributed by atoms with Crippen LogP contribution in [0.2, 0.25) is 0 Å². The van der Waals surface area contributed by atoms with E-state index in [0.717, 1.165) is 43.3 Å². The number of nitrogens with one attached hydrogen (secondary N) is 1. The van der Waals surface area contributed by atoms with E-state index >= 15 is 0 Å². The quantitative estimate of drug-likeness (QED) is 0.833. The van der Waals surface area contributed by atoms with Gasteiger partial charge in [-0.25, -0.2) is 4.98 Å². The Hall–Kier alpha value is -1.55. The third-order valence-electron chi connectivity index (χ3n) is 3.00. The molecule has 0 radical (unpaired) electrons. The molecule has 4 nitrogen and oxygen atoms in total. The first-order chi connectivity index (χ1) is 9.19. The van der Waals surface area contributed by atoms with E-state index in [-0.39, 0.29) is 0 Å². The molecule has 2 aromatic rings. The highest BCUT2D eigenvalue weighted by Gasteiger charge is 2.08. The fraction of sp³-hybridized carbons (Fsp3) is 0.533. The summed E-state index contributed by atoms with van der Waals surface area (Å²) in [6.45, 7) is 8.22. The number of aromatic nitrogens is 2. The maximum atomic E-state index is 5.82. The van der Waals surface area contributed by atoms with Crippen LogP contribution in [0.1, 0.15) is 44.5 Å². The molecule has 104 valence electrons. The second kappa shape index (κ2) is 6.57. The molecule has 0 unspecified atom stereocenters. The predicted molar refractivity (Wildman–Crippen MR) is 76.0 cm³/mol. The van der Waals surface area contributed by atoms with Crippen LogP contribution in [0.5, 0.6) is 0 Å². The fourth-order valence-electron chi connectivity index (χ4n) is 2.02. The van der Waals surface area contributed by atoms with Gasteiger partial charge in [-0.3, -0.25) is 0 Å². The van der Waals surface area contributed by atoms with Crippen molar-refractivity contribution >= 4 is 0 Å². The van der Waals surface area contributed by atoms with Gasteiger partial charge < -0.3 is 14.3 Å². The third-order valence-corrected chi connectivity index (χ3v) is 3.00. The normalized spacial score (nSPS) is 11.4. The highest BCUT2D eigenvalue weighted by atomic mass is 16.3. The molecule has 0 aliphatic rings. The molecule has 0 atom stereocenters. The van der Waals surface area contributed by atoms with Crippen molar-refractivity contribution in [3.05, 3.63) is 41.9 Å². The standard InChI is InChI=1S/C15H23N3O/c1-4-8-18-9-7-16-15(18)10-13-5-6-14(19-13)11-17-12(2)3/h5-7,9,12,17H,4,8,10-11H2,1-3H3. The Labute approximate surface area is 114 Å². The summed E-state index contributed by atoms with van der Waals surface area (Å²) in [4.78, 5) is 4.40. The molecule has 0 saturated carbocycles. The zero-order chi connectivity index (χ0) is 13.7. The molecule has 2 aromatic heterocycles. The van der Waals surface area contributed by atoms with E-state index < -0.39 is 0 Å². The first-order valence-corrected chi connectivity index (χ1v) is 7.00. The number of nitrogens with zero attached hydrogens (tertiary/aromatic N) is 2. The average molecular weight is 261 g/mol. The minimum absolute atomic E-state index is 0.469. The maximum Gasteiger partial charge on any atom is 0.117 e. The monoisotopic (exact) mass is 261 g/mol. The molecule has 1 N–H and O–H groups in total. The molecule has 2 heterocycles. The molecule has 0 saturated heterocycles. The van der Waals surface area contributed by atoms with Crippen LogP contribution >= 0.6 is 0 Å². The zero-order valence-corrected chi connectivity index (χ0v) is 12.0. The SMILES string of the molecule is CCCn1ccnc1Cc1ccc(CNC(C)C)o1. The summed E-state index contributed by atoms with van der Waals surface area (Å²) in [5, 5.41) is 3.35. The molecule has 0 fully saturated rings. The van der Waals surface area contributed by atoms with Crippen LogP contribution in [0, 0.1) is 0 Å². The highest BCUT2D eigenvalue weighted by Crippen LogP contribution is 2.13. The minimum atomic E-state index is 0.469. The van der Waals surface area contributed by atoms with Gasteiger partial charge >= 0.3 is 0 Å². The van der Waals surface area contributed by atoms with Crippen molar-refractivity contribution < 1.29 is 4.42 Å². The number of furan rings is 1. The number of imidazole rings is 1. The first kappa shape index (κ1) is 13.9. The van der Waals surface area contributed by atoms with E-state index in [4.69, 9.17) is 4.42 Å². The fourth-order valence-corrected chi connectivity index (χ4v) is 2.02. The van der Waals surface area contributed by atoms with Crippen molar-refractivity contribution in [3.8, 4) is 0 Å². The van der Waals surface area contributed by atoms with Gasteiger partial charge in [-0.05, 0) is 18.6 Å². The molecular formula is C15H23N3O. The van der Waals surface area contributed by atoms with Crippen LogP contribution in [0.3, 0.4) is 0 Å². The Balaban J connectivity index is 1.97. The molecular weight excluding hydrogens is 238 g/mol. The number of rotatable bonds is 7. The van der Waals surface area contributed by atoms with E-state index in [1.165, 1.54) is 0 Å². The summed E-state index contributed by atoms with van der Waals surface area (Å²) in [6.07, 6.45) is 5.76. The van der Waals surface area contributed by atoms with E-state index in [9.17, 15) is 0 Å². The second-order valence-electron chi connectivity index (χ2n) is 5.12. The van der Waals surface area contributed by atoms with Crippen molar-refractivity contribution in [2.75, 3.05) is 0 Å². The molecule has 0 bridgehead atoms. The molecule has 0 spiro atoms. The Morgan fingerprint density at radius 2 is 2.11 bits per heavy atom. The average Bonchev–Trinajstić information content (AvgIpc) is 2.98. The molecule has 2 rings (SSSR count). The molecule has 4 heteroatoms. The topological polar surface area (TPSA) is 43.0 Å².